The Morgan fingerprint density at radius 2 is 1.80 bits per heavy atom. The van der Waals surface area contributed by atoms with Crippen LogP contribution in [0.4, 0.5) is 8.78 Å². The molecule has 0 atom stereocenters. The third-order valence-corrected chi connectivity index (χ3v) is 3.33. The highest BCUT2D eigenvalue weighted by Crippen LogP contribution is 2.40. The summed E-state index contributed by atoms with van der Waals surface area (Å²) >= 11 is 5.63. The Hall–Kier alpha value is -0.670. The zero-order chi connectivity index (χ0) is 11.1. The molecule has 2 rings (SSSR count). The second-order valence-corrected chi connectivity index (χ2v) is 4.49. The van der Waals surface area contributed by atoms with Gasteiger partial charge >= 0.3 is 0 Å². The van der Waals surface area contributed by atoms with Crippen LogP contribution in [0.1, 0.15) is 31.2 Å². The summed E-state index contributed by atoms with van der Waals surface area (Å²) in [5, 5.41) is -0.0666. The zero-order valence-corrected chi connectivity index (χ0v) is 8.95. The van der Waals surface area contributed by atoms with Crippen LogP contribution in [-0.2, 0) is 5.54 Å². The SMILES string of the molecule is NC1(c2c(F)ccc(Cl)c2F)CCCC1. The van der Waals surface area contributed by atoms with Gasteiger partial charge in [0, 0.05) is 11.1 Å². The molecule has 0 bridgehead atoms. The molecule has 1 aromatic rings. The molecule has 1 aromatic carbocycles. The smallest absolute Gasteiger partial charge is 0.149 e. The van der Waals surface area contributed by atoms with Crippen LogP contribution >= 0.6 is 11.6 Å². The third kappa shape index (κ3) is 1.74. The molecule has 1 saturated carbocycles. The molecule has 1 aliphatic carbocycles. The highest BCUT2D eigenvalue weighted by molar-refractivity contribution is 6.30. The number of hydrogen-bond donors (Lipinski definition) is 1. The van der Waals surface area contributed by atoms with Gasteiger partial charge in [-0.3, -0.25) is 0 Å². The van der Waals surface area contributed by atoms with Crippen LogP contribution in [-0.4, -0.2) is 0 Å². The van der Waals surface area contributed by atoms with Crippen LogP contribution < -0.4 is 5.73 Å². The highest BCUT2D eigenvalue weighted by atomic mass is 35.5. The van der Waals surface area contributed by atoms with E-state index in [1.807, 2.05) is 0 Å². The summed E-state index contributed by atoms with van der Waals surface area (Å²) in [6.07, 6.45) is 3.03. The Bertz CT molecular complexity index is 386. The maximum absolute atomic E-state index is 13.7. The second-order valence-electron chi connectivity index (χ2n) is 4.08. The topological polar surface area (TPSA) is 26.0 Å². The van der Waals surface area contributed by atoms with Gasteiger partial charge in [-0.05, 0) is 25.0 Å². The molecular formula is C11H12ClF2N. The van der Waals surface area contributed by atoms with Crippen molar-refractivity contribution < 1.29 is 8.78 Å². The van der Waals surface area contributed by atoms with E-state index in [1.165, 1.54) is 12.1 Å². The van der Waals surface area contributed by atoms with Crippen molar-refractivity contribution in [2.24, 2.45) is 5.73 Å². The maximum atomic E-state index is 13.7. The fraction of sp³-hybridized carbons (Fsp3) is 0.455. The summed E-state index contributed by atoms with van der Waals surface area (Å²) < 4.78 is 27.3. The van der Waals surface area contributed by atoms with Gasteiger partial charge in [-0.1, -0.05) is 24.4 Å². The number of nitrogens with two attached hydrogens (primary N) is 1. The van der Waals surface area contributed by atoms with Crippen molar-refractivity contribution in [3.05, 3.63) is 34.4 Å². The van der Waals surface area contributed by atoms with Gasteiger partial charge in [0.25, 0.3) is 0 Å². The van der Waals surface area contributed by atoms with Crippen LogP contribution in [0, 0.1) is 11.6 Å². The number of benzene rings is 1. The number of halogens is 3. The van der Waals surface area contributed by atoms with Gasteiger partial charge in [-0.15, -0.1) is 0 Å². The molecule has 1 fully saturated rings. The predicted molar refractivity (Wildman–Crippen MR) is 55.7 cm³/mol. The fourth-order valence-corrected chi connectivity index (χ4v) is 2.40. The van der Waals surface area contributed by atoms with E-state index in [9.17, 15) is 8.78 Å². The van der Waals surface area contributed by atoms with E-state index >= 15 is 0 Å². The van der Waals surface area contributed by atoms with Crippen LogP contribution in [0.5, 0.6) is 0 Å². The van der Waals surface area contributed by atoms with Gasteiger partial charge in [0.2, 0.25) is 0 Å². The molecule has 82 valence electrons. The first-order valence-corrected chi connectivity index (χ1v) is 5.35. The first-order valence-electron chi connectivity index (χ1n) is 4.97. The lowest BCUT2D eigenvalue weighted by Crippen LogP contribution is -2.35. The molecule has 4 heteroatoms. The molecule has 0 aromatic heterocycles. The van der Waals surface area contributed by atoms with E-state index in [0.717, 1.165) is 12.8 Å². The summed E-state index contributed by atoms with van der Waals surface area (Å²) in [6, 6.07) is 2.39. The molecule has 2 N–H and O–H groups in total. The first-order chi connectivity index (χ1) is 7.04. The highest BCUT2D eigenvalue weighted by Gasteiger charge is 2.36. The Kier molecular flexibility index (Phi) is 2.69. The lowest BCUT2D eigenvalue weighted by atomic mass is 9.88. The van der Waals surface area contributed by atoms with Crippen molar-refractivity contribution >= 4 is 11.6 Å². The van der Waals surface area contributed by atoms with Gasteiger partial charge in [0.15, 0.2) is 0 Å². The molecule has 0 amide bonds. The maximum Gasteiger partial charge on any atom is 0.149 e. The minimum Gasteiger partial charge on any atom is -0.321 e. The zero-order valence-electron chi connectivity index (χ0n) is 8.19. The summed E-state index contributed by atoms with van der Waals surface area (Å²) in [4.78, 5) is 0. The molecule has 0 aliphatic heterocycles. The lowest BCUT2D eigenvalue weighted by molar-refractivity contribution is 0.405. The van der Waals surface area contributed by atoms with Gasteiger partial charge in [0.05, 0.1) is 5.02 Å². The minimum absolute atomic E-state index is 0.0486. The molecule has 0 saturated heterocycles. The molecule has 0 radical (unpaired) electrons. The third-order valence-electron chi connectivity index (χ3n) is 3.04. The van der Waals surface area contributed by atoms with Gasteiger partial charge in [-0.25, -0.2) is 8.78 Å². The van der Waals surface area contributed by atoms with Crippen LogP contribution in [0.3, 0.4) is 0 Å². The van der Waals surface area contributed by atoms with E-state index in [-0.39, 0.29) is 10.6 Å². The molecule has 1 nitrogen and oxygen atoms in total. The van der Waals surface area contributed by atoms with Crippen molar-refractivity contribution in [2.75, 3.05) is 0 Å². The van der Waals surface area contributed by atoms with Crippen molar-refractivity contribution in [1.82, 2.24) is 0 Å². The molecule has 0 unspecified atom stereocenters. The van der Waals surface area contributed by atoms with Crippen molar-refractivity contribution in [2.45, 2.75) is 31.2 Å². The Morgan fingerprint density at radius 1 is 1.20 bits per heavy atom. The van der Waals surface area contributed by atoms with Gasteiger partial charge in [0.1, 0.15) is 11.6 Å². The van der Waals surface area contributed by atoms with Gasteiger partial charge in [-0.2, -0.15) is 0 Å². The number of rotatable bonds is 1. The van der Waals surface area contributed by atoms with E-state index in [4.69, 9.17) is 17.3 Å². The lowest BCUT2D eigenvalue weighted by Gasteiger charge is -2.25. The Labute approximate surface area is 92.2 Å². The Morgan fingerprint density at radius 3 is 2.40 bits per heavy atom. The van der Waals surface area contributed by atoms with Crippen molar-refractivity contribution in [3.8, 4) is 0 Å². The summed E-state index contributed by atoms with van der Waals surface area (Å²) in [6.45, 7) is 0. The van der Waals surface area contributed by atoms with Crippen molar-refractivity contribution in [3.63, 3.8) is 0 Å². The Balaban J connectivity index is 2.55. The molecule has 15 heavy (non-hydrogen) atoms. The van der Waals surface area contributed by atoms with Gasteiger partial charge < -0.3 is 5.73 Å². The van der Waals surface area contributed by atoms with Crippen molar-refractivity contribution in [1.29, 1.82) is 0 Å². The standard InChI is InChI=1S/C11H12ClF2N/c12-7-3-4-8(13)9(10(7)14)11(15)5-1-2-6-11/h3-4H,1-2,5-6,15H2. The normalized spacial score (nSPS) is 19.5. The van der Waals surface area contributed by atoms with E-state index in [0.29, 0.717) is 12.8 Å². The summed E-state index contributed by atoms with van der Waals surface area (Å²) in [5.41, 5.74) is 5.09. The largest absolute Gasteiger partial charge is 0.321 e. The second kappa shape index (κ2) is 3.72. The summed E-state index contributed by atoms with van der Waals surface area (Å²) in [5.74, 6) is -1.30. The minimum atomic E-state index is -0.876. The van der Waals surface area contributed by atoms with E-state index < -0.39 is 17.2 Å². The average molecular weight is 232 g/mol. The van der Waals surface area contributed by atoms with Crippen LogP contribution in [0.15, 0.2) is 12.1 Å². The molecular weight excluding hydrogens is 220 g/mol. The summed E-state index contributed by atoms with van der Waals surface area (Å²) in [7, 11) is 0. The van der Waals surface area contributed by atoms with Crippen LogP contribution in [0.2, 0.25) is 5.02 Å². The monoisotopic (exact) mass is 231 g/mol. The molecule has 0 heterocycles. The molecule has 0 spiro atoms. The fourth-order valence-electron chi connectivity index (χ4n) is 2.24. The van der Waals surface area contributed by atoms with E-state index in [2.05, 4.69) is 0 Å². The average Bonchev–Trinajstić information content (AvgIpc) is 2.60. The van der Waals surface area contributed by atoms with E-state index in [1.54, 1.807) is 0 Å². The predicted octanol–water partition coefficient (Wildman–Crippen LogP) is 3.35. The number of hydrogen-bond acceptors (Lipinski definition) is 1. The first kappa shape index (κ1) is 10.8. The quantitative estimate of drug-likeness (QED) is 0.737. The molecule has 1 aliphatic rings. The van der Waals surface area contributed by atoms with Crippen LogP contribution in [0.25, 0.3) is 0 Å².